The highest BCUT2D eigenvalue weighted by molar-refractivity contribution is 6.08. The van der Waals surface area contributed by atoms with Crippen LogP contribution in [0.2, 0.25) is 0 Å². The zero-order valence-corrected chi connectivity index (χ0v) is 24.9. The lowest BCUT2D eigenvalue weighted by Gasteiger charge is -2.08. The molecule has 0 N–H and O–H groups in total. The highest BCUT2D eigenvalue weighted by atomic mass is 16.3. The Labute approximate surface area is 264 Å². The maximum absolute atomic E-state index is 6.41. The van der Waals surface area contributed by atoms with Crippen molar-refractivity contribution in [2.24, 2.45) is 0 Å². The van der Waals surface area contributed by atoms with Gasteiger partial charge in [0.25, 0.3) is 0 Å². The zero-order valence-electron chi connectivity index (χ0n) is 24.9. The van der Waals surface area contributed by atoms with Gasteiger partial charge in [-0.2, -0.15) is 0 Å². The summed E-state index contributed by atoms with van der Waals surface area (Å²) in [7, 11) is 0. The number of furan rings is 2. The van der Waals surface area contributed by atoms with Gasteiger partial charge in [0.05, 0.1) is 22.7 Å². The van der Waals surface area contributed by atoms with Gasteiger partial charge in [-0.05, 0) is 108 Å². The number of nitrogens with zero attached hydrogens (tertiary/aromatic N) is 3. The number of aryl methyl sites for hydroxylation is 1. The van der Waals surface area contributed by atoms with Crippen LogP contribution in [0.15, 0.2) is 125 Å². The third-order valence-corrected chi connectivity index (χ3v) is 9.51. The van der Waals surface area contributed by atoms with E-state index in [1.54, 1.807) is 0 Å². The smallest absolute Gasteiger partial charge is 0.135 e. The number of allylic oxidation sites excluding steroid dienone is 4. The molecule has 10 rings (SSSR count). The van der Waals surface area contributed by atoms with E-state index in [1.807, 2.05) is 30.7 Å². The lowest BCUT2D eigenvalue weighted by Crippen LogP contribution is -1.95. The second-order valence-electron chi connectivity index (χ2n) is 12.1. The average Bonchev–Trinajstić information content (AvgIpc) is 3.72. The fourth-order valence-corrected chi connectivity index (χ4v) is 7.29. The summed E-state index contributed by atoms with van der Waals surface area (Å²) in [6, 6.07) is 28.1. The highest BCUT2D eigenvalue weighted by Gasteiger charge is 2.19. The summed E-state index contributed by atoms with van der Waals surface area (Å²) in [5.74, 6) is 1.90. The van der Waals surface area contributed by atoms with E-state index in [9.17, 15) is 0 Å². The fraction of sp³-hybridized carbons (Fsp3) is 0.0732. The maximum atomic E-state index is 6.41. The lowest BCUT2D eigenvalue weighted by atomic mass is 9.95. The van der Waals surface area contributed by atoms with Crippen LogP contribution in [0.4, 0.5) is 0 Å². The van der Waals surface area contributed by atoms with Gasteiger partial charge in [-0.3, -0.25) is 9.97 Å². The van der Waals surface area contributed by atoms with Crippen molar-refractivity contribution in [1.82, 2.24) is 14.5 Å². The molecule has 3 aromatic carbocycles. The Morgan fingerprint density at radius 3 is 2.22 bits per heavy atom. The number of fused-ring (bicyclic) bond motifs is 9. The molecule has 0 spiro atoms. The standard InChI is InChI=1S/C41H27N3O2/c1-2-9-37-30(7-1)33-22-27(10-15-39(33)45-37)25-5-3-6-26(21-25)28-11-16-40-34(23-28)31-14-12-29(13-17-38(31)46-40)44-35-8-4-19-43-41(35)32-18-20-42-24-36(32)44/h2-6,8-13,15-24H,1,7,14H2. The maximum Gasteiger partial charge on any atom is 0.135 e. The van der Waals surface area contributed by atoms with Crippen LogP contribution in [0.1, 0.15) is 29.1 Å². The summed E-state index contributed by atoms with van der Waals surface area (Å²) in [5, 5.41) is 3.46. The second-order valence-corrected chi connectivity index (χ2v) is 12.1. The molecule has 5 heteroatoms. The number of hydrogen-bond donors (Lipinski definition) is 0. The van der Waals surface area contributed by atoms with Crippen LogP contribution in [0.25, 0.3) is 84.0 Å². The van der Waals surface area contributed by atoms with Crippen LogP contribution in [-0.4, -0.2) is 14.5 Å². The van der Waals surface area contributed by atoms with E-state index in [-0.39, 0.29) is 0 Å². The van der Waals surface area contributed by atoms with E-state index >= 15 is 0 Å². The molecule has 5 heterocycles. The predicted octanol–water partition coefficient (Wildman–Crippen LogP) is 10.5. The minimum Gasteiger partial charge on any atom is -0.456 e. The number of benzene rings is 3. The van der Waals surface area contributed by atoms with E-state index < -0.39 is 0 Å². The van der Waals surface area contributed by atoms with Gasteiger partial charge in [0.15, 0.2) is 0 Å². The van der Waals surface area contributed by atoms with Gasteiger partial charge in [0.1, 0.15) is 22.7 Å². The van der Waals surface area contributed by atoms with Crippen molar-refractivity contribution in [1.29, 1.82) is 0 Å². The van der Waals surface area contributed by atoms with Crippen LogP contribution >= 0.6 is 0 Å². The molecule has 0 bridgehead atoms. The SMILES string of the molecule is C1=Cc2oc3ccc(-c4cccc(-c5ccc6oc7c(c6c5)CC=C(n5c6cnccc6c6ncccc65)C=C7)c4)cc3c2CC1. The molecule has 0 unspecified atom stereocenters. The minimum atomic E-state index is 0.750. The summed E-state index contributed by atoms with van der Waals surface area (Å²) in [6.45, 7) is 0. The molecule has 8 aromatic rings. The molecule has 5 nitrogen and oxygen atoms in total. The molecule has 0 amide bonds. The first-order chi connectivity index (χ1) is 22.8. The molecule has 2 aliphatic carbocycles. The normalized spacial score (nSPS) is 14.2. The van der Waals surface area contributed by atoms with Gasteiger partial charge >= 0.3 is 0 Å². The molecule has 2 aliphatic rings. The number of pyridine rings is 2. The first kappa shape index (κ1) is 25.4. The monoisotopic (exact) mass is 593 g/mol. The summed E-state index contributed by atoms with van der Waals surface area (Å²) in [4.78, 5) is 9.11. The molecule has 0 saturated heterocycles. The third kappa shape index (κ3) is 3.81. The lowest BCUT2D eigenvalue weighted by molar-refractivity contribution is 0.595. The Hall–Kier alpha value is -5.94. The Morgan fingerprint density at radius 1 is 0.630 bits per heavy atom. The minimum absolute atomic E-state index is 0.750. The van der Waals surface area contributed by atoms with Crippen molar-refractivity contribution >= 4 is 61.7 Å². The molecule has 0 fully saturated rings. The second kappa shape index (κ2) is 9.78. The summed E-state index contributed by atoms with van der Waals surface area (Å²) < 4.78 is 14.8. The quantitative estimate of drug-likeness (QED) is 0.204. The van der Waals surface area contributed by atoms with Crippen LogP contribution in [0.5, 0.6) is 0 Å². The predicted molar refractivity (Wildman–Crippen MR) is 186 cm³/mol. The summed E-state index contributed by atoms with van der Waals surface area (Å²) in [6.07, 6.45) is 19.2. The first-order valence-corrected chi connectivity index (χ1v) is 15.7. The van der Waals surface area contributed by atoms with Crippen molar-refractivity contribution in [2.45, 2.75) is 19.3 Å². The van der Waals surface area contributed by atoms with Gasteiger partial charge in [-0.15, -0.1) is 0 Å². The van der Waals surface area contributed by atoms with Gasteiger partial charge in [0, 0.05) is 45.4 Å². The topological polar surface area (TPSA) is 57.0 Å². The first-order valence-electron chi connectivity index (χ1n) is 15.7. The van der Waals surface area contributed by atoms with Gasteiger partial charge in [-0.1, -0.05) is 42.5 Å². The van der Waals surface area contributed by atoms with Gasteiger partial charge < -0.3 is 13.4 Å². The van der Waals surface area contributed by atoms with Crippen molar-refractivity contribution < 1.29 is 8.83 Å². The van der Waals surface area contributed by atoms with Crippen molar-refractivity contribution in [3.05, 3.63) is 138 Å². The van der Waals surface area contributed by atoms with Crippen molar-refractivity contribution in [3.63, 3.8) is 0 Å². The Morgan fingerprint density at radius 2 is 1.39 bits per heavy atom. The Balaban J connectivity index is 1.03. The third-order valence-electron chi connectivity index (χ3n) is 9.51. The van der Waals surface area contributed by atoms with Crippen LogP contribution in [0, 0.1) is 0 Å². The number of rotatable bonds is 3. The van der Waals surface area contributed by atoms with Gasteiger partial charge in [0.2, 0.25) is 0 Å². The van der Waals surface area contributed by atoms with Gasteiger partial charge in [-0.25, -0.2) is 0 Å². The Kier molecular flexibility index (Phi) is 5.40. The van der Waals surface area contributed by atoms with Crippen molar-refractivity contribution in [2.75, 3.05) is 0 Å². The number of hydrogen-bond acceptors (Lipinski definition) is 4. The fourth-order valence-electron chi connectivity index (χ4n) is 7.29. The zero-order chi connectivity index (χ0) is 30.2. The average molecular weight is 594 g/mol. The molecular formula is C41H27N3O2. The van der Waals surface area contributed by atoms with E-state index in [0.717, 1.165) is 75.0 Å². The van der Waals surface area contributed by atoms with Crippen molar-refractivity contribution in [3.8, 4) is 22.3 Å². The molecule has 46 heavy (non-hydrogen) atoms. The largest absolute Gasteiger partial charge is 0.456 e. The molecule has 0 radical (unpaired) electrons. The van der Waals surface area contributed by atoms with Crippen LogP contribution < -0.4 is 0 Å². The molecule has 0 atom stereocenters. The number of aromatic nitrogens is 3. The molecular weight excluding hydrogens is 566 g/mol. The summed E-state index contributed by atoms with van der Waals surface area (Å²) in [5.41, 5.74) is 13.3. The van der Waals surface area contributed by atoms with E-state index in [2.05, 4.69) is 112 Å². The van der Waals surface area contributed by atoms with Crippen LogP contribution in [-0.2, 0) is 12.8 Å². The van der Waals surface area contributed by atoms with E-state index in [0.29, 0.717) is 0 Å². The molecule has 0 saturated carbocycles. The molecule has 5 aromatic heterocycles. The summed E-state index contributed by atoms with van der Waals surface area (Å²) >= 11 is 0. The van der Waals surface area contributed by atoms with E-state index in [1.165, 1.54) is 38.8 Å². The molecule has 0 aliphatic heterocycles. The highest BCUT2D eigenvalue weighted by Crippen LogP contribution is 2.38. The Bertz CT molecular complexity index is 2570. The van der Waals surface area contributed by atoms with Crippen LogP contribution in [0.3, 0.4) is 0 Å². The molecule has 218 valence electrons. The van der Waals surface area contributed by atoms with E-state index in [4.69, 9.17) is 8.83 Å².